The Labute approximate surface area is 151 Å². The number of esters is 1. The van der Waals surface area contributed by atoms with Gasteiger partial charge in [0, 0.05) is 4.90 Å². The number of hydrogen-bond donors (Lipinski definition) is 1. The van der Waals surface area contributed by atoms with Crippen molar-refractivity contribution < 1.29 is 19.1 Å². The van der Waals surface area contributed by atoms with E-state index < -0.39 is 11.9 Å². The molecule has 6 heteroatoms. The smallest absolute Gasteiger partial charge is 0.339 e. The minimum absolute atomic E-state index is 0.360. The highest BCUT2D eigenvalue weighted by atomic mass is 32.2. The molecule has 25 heavy (non-hydrogen) atoms. The van der Waals surface area contributed by atoms with Crippen LogP contribution in [-0.4, -0.2) is 31.3 Å². The predicted molar refractivity (Wildman–Crippen MR) is 99.5 cm³/mol. The maximum absolute atomic E-state index is 12.2. The molecule has 1 amide bonds. The van der Waals surface area contributed by atoms with Gasteiger partial charge in [-0.1, -0.05) is 25.1 Å². The van der Waals surface area contributed by atoms with Gasteiger partial charge in [-0.3, -0.25) is 4.79 Å². The number of thioether (sulfide) groups is 1. The van der Waals surface area contributed by atoms with Crippen LogP contribution in [0, 0.1) is 6.92 Å². The molecule has 0 heterocycles. The first-order valence-electron chi connectivity index (χ1n) is 7.88. The second kappa shape index (κ2) is 9.13. The SMILES string of the molecule is CCSc1ccccc1C(=O)OCC(=O)Nc1cc(C)ccc1OC. The van der Waals surface area contributed by atoms with E-state index in [-0.39, 0.29) is 6.61 Å². The Balaban J connectivity index is 1.98. The van der Waals surface area contributed by atoms with Crippen molar-refractivity contribution in [1.29, 1.82) is 0 Å². The van der Waals surface area contributed by atoms with Gasteiger partial charge in [-0.15, -0.1) is 11.8 Å². The lowest BCUT2D eigenvalue weighted by Gasteiger charge is -2.12. The maximum atomic E-state index is 12.2. The average molecular weight is 359 g/mol. The summed E-state index contributed by atoms with van der Waals surface area (Å²) in [5.74, 6) is 0.466. The molecule has 0 aliphatic rings. The zero-order valence-corrected chi connectivity index (χ0v) is 15.3. The highest BCUT2D eigenvalue weighted by Crippen LogP contribution is 2.25. The van der Waals surface area contributed by atoms with Crippen molar-refractivity contribution in [3.63, 3.8) is 0 Å². The highest BCUT2D eigenvalue weighted by Gasteiger charge is 2.15. The zero-order chi connectivity index (χ0) is 18.2. The Morgan fingerprint density at radius 3 is 2.64 bits per heavy atom. The van der Waals surface area contributed by atoms with Crippen LogP contribution in [0.5, 0.6) is 5.75 Å². The molecule has 2 aromatic rings. The van der Waals surface area contributed by atoms with Crippen molar-refractivity contribution in [2.24, 2.45) is 0 Å². The summed E-state index contributed by atoms with van der Waals surface area (Å²) < 4.78 is 10.4. The van der Waals surface area contributed by atoms with Gasteiger partial charge in [0.25, 0.3) is 5.91 Å². The summed E-state index contributed by atoms with van der Waals surface area (Å²) in [5.41, 5.74) is 2.00. The van der Waals surface area contributed by atoms with Crippen LogP contribution in [0.2, 0.25) is 0 Å². The van der Waals surface area contributed by atoms with E-state index in [1.807, 2.05) is 32.0 Å². The van der Waals surface area contributed by atoms with Gasteiger partial charge in [-0.25, -0.2) is 4.79 Å². The normalized spacial score (nSPS) is 10.2. The van der Waals surface area contributed by atoms with Gasteiger partial charge in [0.2, 0.25) is 0 Å². The van der Waals surface area contributed by atoms with Crippen LogP contribution in [-0.2, 0) is 9.53 Å². The molecule has 0 aliphatic heterocycles. The molecule has 0 spiro atoms. The van der Waals surface area contributed by atoms with E-state index in [1.165, 1.54) is 7.11 Å². The zero-order valence-electron chi connectivity index (χ0n) is 14.5. The van der Waals surface area contributed by atoms with Crippen molar-refractivity contribution in [1.82, 2.24) is 0 Å². The summed E-state index contributed by atoms with van der Waals surface area (Å²) in [5, 5.41) is 2.70. The van der Waals surface area contributed by atoms with Gasteiger partial charge in [0.1, 0.15) is 5.75 Å². The van der Waals surface area contributed by atoms with E-state index in [4.69, 9.17) is 9.47 Å². The Hall–Kier alpha value is -2.47. The lowest BCUT2D eigenvalue weighted by atomic mass is 10.2. The van der Waals surface area contributed by atoms with E-state index in [1.54, 1.807) is 36.0 Å². The molecule has 1 N–H and O–H groups in total. The van der Waals surface area contributed by atoms with Crippen LogP contribution in [0.25, 0.3) is 0 Å². The number of anilines is 1. The van der Waals surface area contributed by atoms with E-state index in [9.17, 15) is 9.59 Å². The van der Waals surface area contributed by atoms with Crippen LogP contribution < -0.4 is 10.1 Å². The van der Waals surface area contributed by atoms with Crippen molar-refractivity contribution >= 4 is 29.3 Å². The van der Waals surface area contributed by atoms with Crippen molar-refractivity contribution in [2.75, 3.05) is 24.8 Å². The van der Waals surface area contributed by atoms with Gasteiger partial charge in [-0.2, -0.15) is 0 Å². The molecule has 0 saturated carbocycles. The van der Waals surface area contributed by atoms with Gasteiger partial charge < -0.3 is 14.8 Å². The van der Waals surface area contributed by atoms with Gasteiger partial charge in [0.05, 0.1) is 18.4 Å². The standard InChI is InChI=1S/C19H21NO4S/c1-4-25-17-8-6-5-7-14(17)19(22)24-12-18(21)20-15-11-13(2)9-10-16(15)23-3/h5-11H,4,12H2,1-3H3,(H,20,21). The molecule has 0 aromatic heterocycles. The molecular formula is C19H21NO4S. The summed E-state index contributed by atoms with van der Waals surface area (Å²) in [4.78, 5) is 25.2. The van der Waals surface area contributed by atoms with Crippen LogP contribution in [0.4, 0.5) is 5.69 Å². The molecule has 0 atom stereocenters. The molecule has 0 saturated heterocycles. The molecule has 2 aromatic carbocycles. The summed E-state index contributed by atoms with van der Waals surface area (Å²) in [6.45, 7) is 3.56. The maximum Gasteiger partial charge on any atom is 0.339 e. The quantitative estimate of drug-likeness (QED) is 0.600. The second-order valence-corrected chi connectivity index (χ2v) is 6.56. The third kappa shape index (κ3) is 5.26. The Bertz CT molecular complexity index is 761. The minimum atomic E-state index is -0.511. The molecule has 0 radical (unpaired) electrons. The minimum Gasteiger partial charge on any atom is -0.495 e. The van der Waals surface area contributed by atoms with Gasteiger partial charge in [0.15, 0.2) is 6.61 Å². The predicted octanol–water partition coefficient (Wildman–Crippen LogP) is 3.91. The number of aryl methyl sites for hydroxylation is 1. The van der Waals surface area contributed by atoms with Gasteiger partial charge >= 0.3 is 5.97 Å². The molecular weight excluding hydrogens is 338 g/mol. The van der Waals surface area contributed by atoms with Gasteiger partial charge in [-0.05, 0) is 42.5 Å². The van der Waals surface area contributed by atoms with Crippen molar-refractivity contribution in [3.8, 4) is 5.75 Å². The Morgan fingerprint density at radius 1 is 1.16 bits per heavy atom. The van der Waals surface area contributed by atoms with Crippen molar-refractivity contribution in [2.45, 2.75) is 18.7 Å². The van der Waals surface area contributed by atoms with Crippen LogP contribution in [0.15, 0.2) is 47.4 Å². The van der Waals surface area contributed by atoms with E-state index in [2.05, 4.69) is 5.32 Å². The number of benzene rings is 2. The Kier molecular flexibility index (Phi) is 6.89. The number of carbonyl (C=O) groups is 2. The number of ether oxygens (including phenoxy) is 2. The van der Waals surface area contributed by atoms with Crippen LogP contribution in [0.3, 0.4) is 0 Å². The summed E-state index contributed by atoms with van der Waals surface area (Å²) in [7, 11) is 1.53. The lowest BCUT2D eigenvalue weighted by Crippen LogP contribution is -2.21. The molecule has 0 unspecified atom stereocenters. The number of nitrogens with one attached hydrogen (secondary N) is 1. The van der Waals surface area contributed by atoms with E-state index in [0.717, 1.165) is 16.2 Å². The molecule has 0 bridgehead atoms. The van der Waals surface area contributed by atoms with Crippen LogP contribution in [0.1, 0.15) is 22.8 Å². The number of carbonyl (C=O) groups excluding carboxylic acids is 2. The first kappa shape index (κ1) is 18.9. The lowest BCUT2D eigenvalue weighted by molar-refractivity contribution is -0.119. The topological polar surface area (TPSA) is 64.6 Å². The van der Waals surface area contributed by atoms with Crippen molar-refractivity contribution in [3.05, 3.63) is 53.6 Å². The number of hydrogen-bond acceptors (Lipinski definition) is 5. The number of methoxy groups -OCH3 is 1. The summed E-state index contributed by atoms with van der Waals surface area (Å²) in [6, 6.07) is 12.7. The molecule has 5 nitrogen and oxygen atoms in total. The van der Waals surface area contributed by atoms with Crippen LogP contribution >= 0.6 is 11.8 Å². The van der Waals surface area contributed by atoms with E-state index in [0.29, 0.717) is 17.0 Å². The number of amides is 1. The summed E-state index contributed by atoms with van der Waals surface area (Å²) >= 11 is 1.56. The Morgan fingerprint density at radius 2 is 1.92 bits per heavy atom. The first-order valence-corrected chi connectivity index (χ1v) is 8.87. The van der Waals surface area contributed by atoms with E-state index >= 15 is 0 Å². The average Bonchev–Trinajstić information content (AvgIpc) is 2.61. The monoisotopic (exact) mass is 359 g/mol. The number of rotatable bonds is 7. The fraction of sp³-hybridized carbons (Fsp3) is 0.263. The fourth-order valence-corrected chi connectivity index (χ4v) is 3.02. The first-order chi connectivity index (χ1) is 12.0. The third-order valence-electron chi connectivity index (χ3n) is 3.37. The summed E-state index contributed by atoms with van der Waals surface area (Å²) in [6.07, 6.45) is 0. The highest BCUT2D eigenvalue weighted by molar-refractivity contribution is 7.99. The third-order valence-corrected chi connectivity index (χ3v) is 4.33. The molecule has 2 rings (SSSR count). The second-order valence-electron chi connectivity index (χ2n) is 5.26. The molecule has 132 valence electrons. The molecule has 0 fully saturated rings. The molecule has 0 aliphatic carbocycles. The largest absolute Gasteiger partial charge is 0.495 e. The fourth-order valence-electron chi connectivity index (χ4n) is 2.23.